The first-order valence-electron chi connectivity index (χ1n) is 4.69. The molecule has 0 unspecified atom stereocenters. The fraction of sp³-hybridized carbons (Fsp3) is 0.0833. The van der Waals surface area contributed by atoms with Gasteiger partial charge < -0.3 is 10.8 Å². The van der Waals surface area contributed by atoms with Crippen LogP contribution in [0.1, 0.15) is 5.56 Å². The van der Waals surface area contributed by atoms with E-state index < -0.39 is 0 Å². The lowest BCUT2D eigenvalue weighted by molar-refractivity contribution is 0.476. The molecule has 3 nitrogen and oxygen atoms in total. The highest BCUT2D eigenvalue weighted by atomic mass is 16.3. The number of nitrogen functional groups attached to an aromatic ring is 1. The van der Waals surface area contributed by atoms with Crippen LogP contribution in [0.2, 0.25) is 0 Å². The van der Waals surface area contributed by atoms with Crippen molar-refractivity contribution in [1.82, 2.24) is 4.98 Å². The van der Waals surface area contributed by atoms with Crippen molar-refractivity contribution in [2.24, 2.45) is 0 Å². The molecule has 2 aromatic rings. The van der Waals surface area contributed by atoms with Gasteiger partial charge in [-0.2, -0.15) is 0 Å². The summed E-state index contributed by atoms with van der Waals surface area (Å²) in [5.41, 5.74) is 8.52. The second-order valence-electron chi connectivity index (χ2n) is 3.44. The maximum absolute atomic E-state index is 9.46. The molecule has 1 aromatic heterocycles. The van der Waals surface area contributed by atoms with E-state index in [-0.39, 0.29) is 11.6 Å². The number of anilines is 1. The second kappa shape index (κ2) is 3.61. The van der Waals surface area contributed by atoms with Crippen molar-refractivity contribution in [3.63, 3.8) is 0 Å². The van der Waals surface area contributed by atoms with E-state index in [4.69, 9.17) is 5.73 Å². The monoisotopic (exact) mass is 200 g/mol. The molecule has 15 heavy (non-hydrogen) atoms. The van der Waals surface area contributed by atoms with E-state index >= 15 is 0 Å². The number of aromatic hydroxyl groups is 1. The predicted octanol–water partition coefficient (Wildman–Crippen LogP) is 2.34. The van der Waals surface area contributed by atoms with Gasteiger partial charge in [-0.05, 0) is 24.1 Å². The minimum Gasteiger partial charge on any atom is -0.504 e. The summed E-state index contributed by atoms with van der Waals surface area (Å²) in [6, 6.07) is 9.56. The van der Waals surface area contributed by atoms with Crippen LogP contribution >= 0.6 is 0 Å². The van der Waals surface area contributed by atoms with Gasteiger partial charge >= 0.3 is 0 Å². The van der Waals surface area contributed by atoms with Crippen LogP contribution in [0, 0.1) is 6.92 Å². The molecule has 1 heterocycles. The number of aryl methyl sites for hydroxylation is 1. The van der Waals surface area contributed by atoms with Crippen LogP contribution in [-0.4, -0.2) is 10.1 Å². The number of hydrogen-bond donors (Lipinski definition) is 2. The van der Waals surface area contributed by atoms with Gasteiger partial charge in [0.25, 0.3) is 0 Å². The Kier molecular flexibility index (Phi) is 2.29. The van der Waals surface area contributed by atoms with E-state index in [1.807, 2.05) is 31.2 Å². The van der Waals surface area contributed by atoms with Gasteiger partial charge in [0, 0.05) is 11.8 Å². The molecule has 0 saturated heterocycles. The average molecular weight is 200 g/mol. The highest BCUT2D eigenvalue weighted by Gasteiger charge is 2.04. The van der Waals surface area contributed by atoms with Gasteiger partial charge in [0.2, 0.25) is 0 Å². The van der Waals surface area contributed by atoms with Gasteiger partial charge in [0.05, 0.1) is 0 Å². The van der Waals surface area contributed by atoms with Crippen LogP contribution in [0.15, 0.2) is 36.5 Å². The summed E-state index contributed by atoms with van der Waals surface area (Å²) in [5.74, 6) is 0.183. The van der Waals surface area contributed by atoms with E-state index in [1.165, 1.54) is 0 Å². The fourth-order valence-electron chi connectivity index (χ4n) is 1.51. The van der Waals surface area contributed by atoms with E-state index in [1.54, 1.807) is 12.3 Å². The molecule has 76 valence electrons. The van der Waals surface area contributed by atoms with Crippen molar-refractivity contribution < 1.29 is 5.11 Å². The Hall–Kier alpha value is -2.03. The number of benzene rings is 1. The number of nitrogens with zero attached hydrogens (tertiary/aromatic N) is 1. The molecular weight excluding hydrogens is 188 g/mol. The zero-order chi connectivity index (χ0) is 10.8. The molecule has 2 rings (SSSR count). The van der Waals surface area contributed by atoms with Crippen LogP contribution in [0.3, 0.4) is 0 Å². The van der Waals surface area contributed by atoms with Crippen molar-refractivity contribution in [3.05, 3.63) is 42.1 Å². The molecule has 0 atom stereocenters. The lowest BCUT2D eigenvalue weighted by Gasteiger charge is -2.06. The van der Waals surface area contributed by atoms with Crippen LogP contribution in [-0.2, 0) is 0 Å². The molecule has 0 bridgehead atoms. The van der Waals surface area contributed by atoms with Gasteiger partial charge in [-0.3, -0.25) is 0 Å². The van der Waals surface area contributed by atoms with Gasteiger partial charge in [-0.1, -0.05) is 24.3 Å². The molecule has 0 aliphatic heterocycles. The third-order valence-corrected chi connectivity index (χ3v) is 2.35. The van der Waals surface area contributed by atoms with Crippen LogP contribution < -0.4 is 5.73 Å². The quantitative estimate of drug-likeness (QED) is 0.742. The largest absolute Gasteiger partial charge is 0.504 e. The minimum absolute atomic E-state index is 0.0238. The smallest absolute Gasteiger partial charge is 0.165 e. The number of rotatable bonds is 1. The minimum atomic E-state index is 0.0238. The van der Waals surface area contributed by atoms with Crippen molar-refractivity contribution >= 4 is 5.82 Å². The Morgan fingerprint density at radius 1 is 1.27 bits per heavy atom. The number of pyridine rings is 1. The van der Waals surface area contributed by atoms with Crippen molar-refractivity contribution in [1.29, 1.82) is 0 Å². The van der Waals surface area contributed by atoms with Gasteiger partial charge in [-0.25, -0.2) is 4.98 Å². The molecule has 0 saturated carbocycles. The standard InChI is InChI=1S/C12H12N2O/c1-8-4-2-3-5-10(8)9-6-11(15)12(13)14-7-9/h2-7,15H,1H3,(H2,13,14). The Labute approximate surface area is 88.2 Å². The predicted molar refractivity (Wildman–Crippen MR) is 60.5 cm³/mol. The molecule has 0 aliphatic carbocycles. The first-order chi connectivity index (χ1) is 7.18. The topological polar surface area (TPSA) is 59.1 Å². The van der Waals surface area contributed by atoms with Gasteiger partial charge in [0.1, 0.15) is 0 Å². The fourth-order valence-corrected chi connectivity index (χ4v) is 1.51. The Morgan fingerprint density at radius 2 is 2.00 bits per heavy atom. The zero-order valence-electron chi connectivity index (χ0n) is 8.44. The summed E-state index contributed by atoms with van der Waals surface area (Å²) in [4.78, 5) is 3.92. The highest BCUT2D eigenvalue weighted by molar-refractivity contribution is 5.69. The number of aromatic nitrogens is 1. The molecule has 1 aromatic carbocycles. The molecule has 0 spiro atoms. The van der Waals surface area contributed by atoms with Crippen molar-refractivity contribution in [2.45, 2.75) is 6.92 Å². The average Bonchev–Trinajstić information content (AvgIpc) is 2.23. The third-order valence-electron chi connectivity index (χ3n) is 2.35. The summed E-state index contributed by atoms with van der Waals surface area (Å²) in [6.07, 6.45) is 1.66. The third kappa shape index (κ3) is 1.76. The van der Waals surface area contributed by atoms with Crippen LogP contribution in [0.5, 0.6) is 5.75 Å². The van der Waals surface area contributed by atoms with Crippen LogP contribution in [0.25, 0.3) is 11.1 Å². The highest BCUT2D eigenvalue weighted by Crippen LogP contribution is 2.27. The molecule has 3 N–H and O–H groups in total. The second-order valence-corrected chi connectivity index (χ2v) is 3.44. The lowest BCUT2D eigenvalue weighted by atomic mass is 10.0. The zero-order valence-corrected chi connectivity index (χ0v) is 8.44. The molecule has 0 radical (unpaired) electrons. The molecular formula is C12H12N2O. The molecule has 0 fully saturated rings. The van der Waals surface area contributed by atoms with E-state index in [0.29, 0.717) is 0 Å². The molecule has 0 aliphatic rings. The van der Waals surface area contributed by atoms with Crippen molar-refractivity contribution in [3.8, 4) is 16.9 Å². The molecule has 0 amide bonds. The first-order valence-corrected chi connectivity index (χ1v) is 4.69. The Balaban J connectivity index is 2.55. The Bertz CT molecular complexity index is 495. The van der Waals surface area contributed by atoms with E-state index in [0.717, 1.165) is 16.7 Å². The first kappa shape index (κ1) is 9.52. The summed E-state index contributed by atoms with van der Waals surface area (Å²) in [7, 11) is 0. The summed E-state index contributed by atoms with van der Waals surface area (Å²) in [6.45, 7) is 2.02. The Morgan fingerprint density at radius 3 is 2.67 bits per heavy atom. The van der Waals surface area contributed by atoms with Gasteiger partial charge in [0.15, 0.2) is 11.6 Å². The normalized spacial score (nSPS) is 10.2. The van der Waals surface area contributed by atoms with Crippen molar-refractivity contribution in [2.75, 3.05) is 5.73 Å². The summed E-state index contributed by atoms with van der Waals surface area (Å²) >= 11 is 0. The van der Waals surface area contributed by atoms with Gasteiger partial charge in [-0.15, -0.1) is 0 Å². The SMILES string of the molecule is Cc1ccccc1-c1cnc(N)c(O)c1. The maximum atomic E-state index is 9.46. The lowest BCUT2D eigenvalue weighted by Crippen LogP contribution is -1.91. The number of hydrogen-bond acceptors (Lipinski definition) is 3. The summed E-state index contributed by atoms with van der Waals surface area (Å²) < 4.78 is 0. The van der Waals surface area contributed by atoms with E-state index in [9.17, 15) is 5.11 Å². The number of nitrogens with two attached hydrogens (primary N) is 1. The van der Waals surface area contributed by atoms with E-state index in [2.05, 4.69) is 4.98 Å². The maximum Gasteiger partial charge on any atom is 0.165 e. The summed E-state index contributed by atoms with van der Waals surface area (Å²) in [5, 5.41) is 9.46. The molecule has 3 heteroatoms. The van der Waals surface area contributed by atoms with Crippen LogP contribution in [0.4, 0.5) is 5.82 Å².